The van der Waals surface area contributed by atoms with E-state index in [1.165, 1.54) is 11.1 Å². The first-order chi connectivity index (χ1) is 9.01. The molecule has 1 heterocycles. The molecule has 1 fully saturated rings. The van der Waals surface area contributed by atoms with Crippen LogP contribution in [-0.4, -0.2) is 31.1 Å². The first kappa shape index (κ1) is 13.9. The molecule has 0 spiro atoms. The molecule has 1 aliphatic heterocycles. The van der Waals surface area contributed by atoms with Gasteiger partial charge < -0.3 is 16.0 Å². The van der Waals surface area contributed by atoms with Gasteiger partial charge in [-0.25, -0.2) is 0 Å². The number of anilines is 1. The van der Waals surface area contributed by atoms with Crippen LogP contribution in [-0.2, 0) is 4.79 Å². The average molecular weight is 261 g/mol. The standard InChI is InChI=1S/C15H23N3O/c1-10-6-11(2)8-13(7-10)18-5-4-12(3)17-15(19)14(18)9-16/h6-8,12,14H,4-5,9,16H2,1-3H3,(H,17,19). The number of rotatable bonds is 2. The summed E-state index contributed by atoms with van der Waals surface area (Å²) in [5.41, 5.74) is 9.33. The Balaban J connectivity index is 2.36. The number of hydrogen-bond acceptors (Lipinski definition) is 3. The zero-order valence-corrected chi connectivity index (χ0v) is 11.9. The number of nitrogens with one attached hydrogen (secondary N) is 1. The first-order valence-corrected chi connectivity index (χ1v) is 6.86. The lowest BCUT2D eigenvalue weighted by Crippen LogP contribution is -2.49. The van der Waals surface area contributed by atoms with Gasteiger partial charge in [0.1, 0.15) is 6.04 Å². The summed E-state index contributed by atoms with van der Waals surface area (Å²) in [4.78, 5) is 14.3. The van der Waals surface area contributed by atoms with E-state index in [0.29, 0.717) is 6.54 Å². The highest BCUT2D eigenvalue weighted by Gasteiger charge is 2.29. The van der Waals surface area contributed by atoms with Crippen LogP contribution in [0, 0.1) is 13.8 Å². The fourth-order valence-corrected chi connectivity index (χ4v) is 2.70. The van der Waals surface area contributed by atoms with Gasteiger partial charge in [0.2, 0.25) is 5.91 Å². The summed E-state index contributed by atoms with van der Waals surface area (Å²) in [7, 11) is 0. The van der Waals surface area contributed by atoms with Crippen LogP contribution in [0.25, 0.3) is 0 Å². The Bertz CT molecular complexity index is 452. The van der Waals surface area contributed by atoms with Gasteiger partial charge in [0.25, 0.3) is 0 Å². The highest BCUT2D eigenvalue weighted by atomic mass is 16.2. The van der Waals surface area contributed by atoms with E-state index in [0.717, 1.165) is 18.7 Å². The van der Waals surface area contributed by atoms with Crippen LogP contribution in [0.2, 0.25) is 0 Å². The molecule has 1 saturated heterocycles. The molecule has 104 valence electrons. The van der Waals surface area contributed by atoms with Gasteiger partial charge in [-0.15, -0.1) is 0 Å². The Morgan fingerprint density at radius 2 is 1.95 bits per heavy atom. The molecular formula is C15H23N3O. The fourth-order valence-electron chi connectivity index (χ4n) is 2.70. The molecule has 0 aromatic heterocycles. The third-order valence-corrected chi connectivity index (χ3v) is 3.63. The molecule has 1 amide bonds. The maximum absolute atomic E-state index is 12.2. The zero-order chi connectivity index (χ0) is 14.0. The van der Waals surface area contributed by atoms with Gasteiger partial charge >= 0.3 is 0 Å². The third kappa shape index (κ3) is 3.07. The van der Waals surface area contributed by atoms with Crippen molar-refractivity contribution in [2.24, 2.45) is 5.73 Å². The molecule has 2 atom stereocenters. The molecule has 19 heavy (non-hydrogen) atoms. The predicted octanol–water partition coefficient (Wildman–Crippen LogP) is 1.35. The minimum Gasteiger partial charge on any atom is -0.358 e. The van der Waals surface area contributed by atoms with E-state index in [9.17, 15) is 4.79 Å². The molecule has 0 radical (unpaired) electrons. The lowest BCUT2D eigenvalue weighted by molar-refractivity contribution is -0.122. The number of benzene rings is 1. The normalized spacial score (nSPS) is 24.0. The Labute approximate surface area is 115 Å². The fraction of sp³-hybridized carbons (Fsp3) is 0.533. The summed E-state index contributed by atoms with van der Waals surface area (Å²) >= 11 is 0. The summed E-state index contributed by atoms with van der Waals surface area (Å²) in [6, 6.07) is 6.32. The molecule has 2 rings (SSSR count). The quantitative estimate of drug-likeness (QED) is 0.845. The van der Waals surface area contributed by atoms with Crippen molar-refractivity contribution in [3.63, 3.8) is 0 Å². The molecular weight excluding hydrogens is 238 g/mol. The largest absolute Gasteiger partial charge is 0.358 e. The van der Waals surface area contributed by atoms with Gasteiger partial charge in [-0.2, -0.15) is 0 Å². The van der Waals surface area contributed by atoms with Crippen LogP contribution in [0.5, 0.6) is 0 Å². The Morgan fingerprint density at radius 3 is 2.53 bits per heavy atom. The Hall–Kier alpha value is -1.55. The molecule has 1 aromatic rings. The Kier molecular flexibility index (Phi) is 4.10. The van der Waals surface area contributed by atoms with Crippen LogP contribution in [0.1, 0.15) is 24.5 Å². The van der Waals surface area contributed by atoms with Crippen molar-refractivity contribution in [3.05, 3.63) is 29.3 Å². The van der Waals surface area contributed by atoms with Crippen molar-refractivity contribution >= 4 is 11.6 Å². The smallest absolute Gasteiger partial charge is 0.244 e. The molecule has 4 nitrogen and oxygen atoms in total. The number of aryl methyl sites for hydroxylation is 2. The van der Waals surface area contributed by atoms with Crippen molar-refractivity contribution in [1.29, 1.82) is 0 Å². The predicted molar refractivity (Wildman–Crippen MR) is 78.3 cm³/mol. The van der Waals surface area contributed by atoms with Crippen molar-refractivity contribution in [3.8, 4) is 0 Å². The second kappa shape index (κ2) is 5.61. The maximum Gasteiger partial charge on any atom is 0.244 e. The lowest BCUT2D eigenvalue weighted by atomic mass is 10.1. The van der Waals surface area contributed by atoms with Crippen molar-refractivity contribution in [1.82, 2.24) is 5.32 Å². The molecule has 4 heteroatoms. The number of amides is 1. The van der Waals surface area contributed by atoms with Gasteiger partial charge in [0.15, 0.2) is 0 Å². The zero-order valence-electron chi connectivity index (χ0n) is 11.9. The highest BCUT2D eigenvalue weighted by molar-refractivity contribution is 5.86. The number of hydrogen-bond donors (Lipinski definition) is 2. The number of nitrogens with zero attached hydrogens (tertiary/aromatic N) is 1. The Morgan fingerprint density at radius 1 is 1.32 bits per heavy atom. The molecule has 2 unspecified atom stereocenters. The van der Waals surface area contributed by atoms with E-state index in [-0.39, 0.29) is 18.0 Å². The summed E-state index contributed by atoms with van der Waals surface area (Å²) in [5.74, 6) is 0.0339. The summed E-state index contributed by atoms with van der Waals surface area (Å²) < 4.78 is 0. The van der Waals surface area contributed by atoms with E-state index in [1.807, 2.05) is 6.92 Å². The maximum atomic E-state index is 12.2. The number of nitrogens with two attached hydrogens (primary N) is 1. The van der Waals surface area contributed by atoms with Gasteiger partial charge in [0.05, 0.1) is 0 Å². The van der Waals surface area contributed by atoms with Crippen molar-refractivity contribution < 1.29 is 4.79 Å². The second-order valence-corrected chi connectivity index (χ2v) is 5.49. The summed E-state index contributed by atoms with van der Waals surface area (Å²) in [5, 5.41) is 3.01. The average Bonchev–Trinajstić information content (AvgIpc) is 2.46. The lowest BCUT2D eigenvalue weighted by Gasteiger charge is -2.30. The molecule has 0 aliphatic carbocycles. The van der Waals surface area contributed by atoms with Gasteiger partial charge in [0, 0.05) is 24.8 Å². The molecule has 1 aromatic carbocycles. The topological polar surface area (TPSA) is 58.4 Å². The first-order valence-electron chi connectivity index (χ1n) is 6.86. The SMILES string of the molecule is Cc1cc(C)cc(N2CCC(C)NC(=O)C2CN)c1. The molecule has 1 aliphatic rings. The van der Waals surface area contributed by atoms with Crippen LogP contribution in [0.15, 0.2) is 18.2 Å². The van der Waals surface area contributed by atoms with Crippen LogP contribution < -0.4 is 16.0 Å². The number of carbonyl (C=O) groups is 1. The third-order valence-electron chi connectivity index (χ3n) is 3.63. The van der Waals surface area contributed by atoms with Gasteiger partial charge in [-0.1, -0.05) is 6.07 Å². The minimum absolute atomic E-state index is 0.0339. The minimum atomic E-state index is -0.272. The van der Waals surface area contributed by atoms with Crippen molar-refractivity contribution in [2.45, 2.75) is 39.3 Å². The molecule has 0 saturated carbocycles. The van der Waals surface area contributed by atoms with Crippen LogP contribution in [0.3, 0.4) is 0 Å². The van der Waals surface area contributed by atoms with Gasteiger partial charge in [-0.05, 0) is 50.5 Å². The monoisotopic (exact) mass is 261 g/mol. The van der Waals surface area contributed by atoms with E-state index >= 15 is 0 Å². The van der Waals surface area contributed by atoms with E-state index in [1.54, 1.807) is 0 Å². The van der Waals surface area contributed by atoms with E-state index in [2.05, 4.69) is 42.3 Å². The van der Waals surface area contributed by atoms with E-state index in [4.69, 9.17) is 5.73 Å². The van der Waals surface area contributed by atoms with Crippen molar-refractivity contribution in [2.75, 3.05) is 18.0 Å². The van der Waals surface area contributed by atoms with Crippen LogP contribution >= 0.6 is 0 Å². The molecule has 0 bridgehead atoms. The van der Waals surface area contributed by atoms with Crippen LogP contribution in [0.4, 0.5) is 5.69 Å². The summed E-state index contributed by atoms with van der Waals surface area (Å²) in [6.45, 7) is 7.38. The van der Waals surface area contributed by atoms with Gasteiger partial charge in [-0.3, -0.25) is 4.79 Å². The van der Waals surface area contributed by atoms with E-state index < -0.39 is 0 Å². The number of carbonyl (C=O) groups excluding carboxylic acids is 1. The highest BCUT2D eigenvalue weighted by Crippen LogP contribution is 2.23. The second-order valence-electron chi connectivity index (χ2n) is 5.49. The molecule has 3 N–H and O–H groups in total. The summed E-state index contributed by atoms with van der Waals surface area (Å²) in [6.07, 6.45) is 0.940.